The number of rotatable bonds is 20. The van der Waals surface area contributed by atoms with Crippen molar-refractivity contribution in [1.29, 1.82) is 0 Å². The number of ether oxygens (including phenoxy) is 1. The molecule has 0 radical (unpaired) electrons. The Hall–Kier alpha value is -0.0700. The van der Waals surface area contributed by atoms with E-state index in [4.69, 9.17) is 16.0 Å². The summed E-state index contributed by atoms with van der Waals surface area (Å²) >= 11 is 6.60. The molecule has 0 saturated carbocycles. The molecule has 0 rings (SSSR count). The van der Waals surface area contributed by atoms with Crippen LogP contribution >= 0.6 is 17.2 Å². The van der Waals surface area contributed by atoms with E-state index in [0.717, 1.165) is 12.8 Å². The number of unbranched alkanes of at least 4 members (excludes halogenated alkanes) is 15. The Morgan fingerprint density at radius 2 is 1.00 bits per heavy atom. The van der Waals surface area contributed by atoms with Gasteiger partial charge >= 0.3 is 120 Å². The van der Waals surface area contributed by atoms with Crippen molar-refractivity contribution in [2.45, 2.75) is 110 Å². The van der Waals surface area contributed by atoms with Crippen molar-refractivity contribution in [3.05, 3.63) is 12.2 Å². The first-order chi connectivity index (χ1) is 13.6. The van der Waals surface area contributed by atoms with Crippen LogP contribution in [0.2, 0.25) is 0 Å². The van der Waals surface area contributed by atoms with Crippen molar-refractivity contribution < 1.29 is 9.53 Å². The molecule has 0 N–H and O–H groups in total. The van der Waals surface area contributed by atoms with Gasteiger partial charge in [0, 0.05) is 5.57 Å². The standard InChI is InChI=1S/C25H50ClO2P/c1-24(2)25(27)28-22-20-18-16-14-12-10-8-6-7-9-11-13-15-17-19-21-23-29(3,4,5)26/h1,6-23H2,2-5H3. The zero-order valence-electron chi connectivity index (χ0n) is 20.1. The summed E-state index contributed by atoms with van der Waals surface area (Å²) in [6.45, 7) is 12.6. The average molecular weight is 449 g/mol. The number of hydrogen-bond donors (Lipinski definition) is 0. The van der Waals surface area contributed by atoms with Crippen LogP contribution in [-0.2, 0) is 9.53 Å². The molecule has 0 saturated heterocycles. The fraction of sp³-hybridized carbons (Fsp3) is 0.880. The van der Waals surface area contributed by atoms with Gasteiger partial charge < -0.3 is 4.74 Å². The summed E-state index contributed by atoms with van der Waals surface area (Å²) in [6.07, 6.45) is 22.6. The summed E-state index contributed by atoms with van der Waals surface area (Å²) in [6, 6.07) is 0. The van der Waals surface area contributed by atoms with Crippen LogP contribution in [0.15, 0.2) is 12.2 Å². The fourth-order valence-corrected chi connectivity index (χ4v) is 5.16. The van der Waals surface area contributed by atoms with Crippen molar-refractivity contribution in [3.63, 3.8) is 0 Å². The minimum absolute atomic E-state index is 0.257. The first kappa shape index (κ1) is 28.9. The van der Waals surface area contributed by atoms with Crippen LogP contribution in [-0.4, -0.2) is 38.7 Å². The van der Waals surface area contributed by atoms with Crippen LogP contribution in [0.1, 0.15) is 110 Å². The van der Waals surface area contributed by atoms with Gasteiger partial charge in [-0.05, 0) is 13.3 Å². The second-order valence-corrected chi connectivity index (χ2v) is 20.3. The normalized spacial score (nSPS) is 13.1. The van der Waals surface area contributed by atoms with Crippen LogP contribution in [0.4, 0.5) is 0 Å². The summed E-state index contributed by atoms with van der Waals surface area (Å²) < 4.78 is 5.10. The number of hydrogen-bond acceptors (Lipinski definition) is 2. The van der Waals surface area contributed by atoms with Crippen molar-refractivity contribution in [1.82, 2.24) is 0 Å². The Bertz CT molecular complexity index is 431. The summed E-state index contributed by atoms with van der Waals surface area (Å²) in [5.74, 6) is -2.04. The van der Waals surface area contributed by atoms with E-state index in [0.29, 0.717) is 12.2 Å². The zero-order valence-corrected chi connectivity index (χ0v) is 21.7. The Morgan fingerprint density at radius 3 is 1.31 bits per heavy atom. The summed E-state index contributed by atoms with van der Waals surface area (Å²) in [7, 11) is 0. The molecule has 0 unspecified atom stereocenters. The SMILES string of the molecule is C=C(C)C(=O)OCCCCCCCCCCCCCCCCCCP(C)(C)(C)Cl. The molecule has 2 nitrogen and oxygen atoms in total. The predicted octanol–water partition coefficient (Wildman–Crippen LogP) is 8.94. The molecule has 0 aromatic carbocycles. The van der Waals surface area contributed by atoms with Gasteiger partial charge in [0.05, 0.1) is 6.61 Å². The number of carbonyl (C=O) groups is 1. The first-order valence-corrected chi connectivity index (χ1v) is 16.8. The van der Waals surface area contributed by atoms with Gasteiger partial charge in [-0.3, -0.25) is 0 Å². The molecule has 0 aliphatic carbocycles. The predicted molar refractivity (Wildman–Crippen MR) is 135 cm³/mol. The Morgan fingerprint density at radius 1 is 0.690 bits per heavy atom. The molecule has 0 atom stereocenters. The molecule has 0 spiro atoms. The van der Waals surface area contributed by atoms with Crippen LogP contribution in [0, 0.1) is 0 Å². The summed E-state index contributed by atoms with van der Waals surface area (Å²) in [5.41, 5.74) is 0.489. The fourth-order valence-electron chi connectivity index (χ4n) is 3.51. The van der Waals surface area contributed by atoms with Gasteiger partial charge in [0.15, 0.2) is 0 Å². The molecule has 0 aliphatic rings. The Balaban J connectivity index is 3.16. The summed E-state index contributed by atoms with van der Waals surface area (Å²) in [4.78, 5) is 11.2. The second-order valence-electron chi connectivity index (χ2n) is 10.2. The third kappa shape index (κ3) is 24.1. The minimum atomic E-state index is -1.78. The Labute approximate surface area is 187 Å². The molecule has 0 aromatic heterocycles. The molecule has 0 aliphatic heterocycles. The van der Waals surface area contributed by atoms with Crippen molar-refractivity contribution in [2.24, 2.45) is 0 Å². The van der Waals surface area contributed by atoms with E-state index in [9.17, 15) is 4.79 Å². The van der Waals surface area contributed by atoms with Crippen molar-refractivity contribution in [3.8, 4) is 0 Å². The van der Waals surface area contributed by atoms with Crippen LogP contribution < -0.4 is 0 Å². The molecule has 4 heteroatoms. The van der Waals surface area contributed by atoms with Crippen molar-refractivity contribution >= 4 is 23.2 Å². The van der Waals surface area contributed by atoms with Gasteiger partial charge in [0.2, 0.25) is 0 Å². The third-order valence-electron chi connectivity index (χ3n) is 5.39. The first-order valence-electron chi connectivity index (χ1n) is 12.1. The number of carbonyl (C=O) groups excluding carboxylic acids is 1. The molecule has 0 bridgehead atoms. The van der Waals surface area contributed by atoms with Crippen LogP contribution in [0.5, 0.6) is 0 Å². The van der Waals surface area contributed by atoms with E-state index in [1.807, 2.05) is 0 Å². The monoisotopic (exact) mass is 448 g/mol. The summed E-state index contributed by atoms with van der Waals surface area (Å²) in [5, 5.41) is 0. The van der Waals surface area contributed by atoms with E-state index >= 15 is 0 Å². The van der Waals surface area contributed by atoms with E-state index in [1.54, 1.807) is 6.92 Å². The maximum absolute atomic E-state index is 11.2. The van der Waals surface area contributed by atoms with Gasteiger partial charge in [-0.15, -0.1) is 0 Å². The van der Waals surface area contributed by atoms with E-state index in [-0.39, 0.29) is 5.97 Å². The van der Waals surface area contributed by atoms with Gasteiger partial charge in [0.25, 0.3) is 0 Å². The molecule has 0 fully saturated rings. The molecular weight excluding hydrogens is 399 g/mol. The topological polar surface area (TPSA) is 26.3 Å². The van der Waals surface area contributed by atoms with Gasteiger partial charge in [-0.2, -0.15) is 0 Å². The molecule has 0 aromatic rings. The molecule has 174 valence electrons. The van der Waals surface area contributed by atoms with E-state index in [1.165, 1.54) is 96.1 Å². The molecule has 0 amide bonds. The number of esters is 1. The quantitative estimate of drug-likeness (QED) is 0.0803. The molecular formula is C25H50ClO2P. The number of halogens is 1. The average Bonchev–Trinajstić information content (AvgIpc) is 2.61. The zero-order chi connectivity index (χ0) is 22.0. The van der Waals surface area contributed by atoms with Gasteiger partial charge in [-0.1, -0.05) is 32.3 Å². The van der Waals surface area contributed by atoms with Gasteiger partial charge in [0.1, 0.15) is 0 Å². The second kappa shape index (κ2) is 16.6. The third-order valence-corrected chi connectivity index (χ3v) is 7.72. The molecule has 0 heterocycles. The maximum atomic E-state index is 11.2. The van der Waals surface area contributed by atoms with E-state index in [2.05, 4.69) is 26.6 Å². The van der Waals surface area contributed by atoms with Crippen molar-refractivity contribution in [2.75, 3.05) is 32.8 Å². The molecule has 29 heavy (non-hydrogen) atoms. The van der Waals surface area contributed by atoms with Gasteiger partial charge in [-0.25, -0.2) is 4.79 Å². The van der Waals surface area contributed by atoms with E-state index < -0.39 is 5.96 Å². The van der Waals surface area contributed by atoms with Crippen LogP contribution in [0.25, 0.3) is 0 Å². The Kier molecular flexibility index (Phi) is 16.6. The van der Waals surface area contributed by atoms with Crippen LogP contribution in [0.3, 0.4) is 0 Å².